The van der Waals surface area contributed by atoms with Gasteiger partial charge in [0.15, 0.2) is 0 Å². The molecule has 0 aliphatic carbocycles. The van der Waals surface area contributed by atoms with E-state index in [0.717, 1.165) is 33.8 Å². The first-order valence-corrected chi connectivity index (χ1v) is 9.77. The van der Waals surface area contributed by atoms with Crippen molar-refractivity contribution in [1.29, 1.82) is 0 Å². The predicted octanol–water partition coefficient (Wildman–Crippen LogP) is 7.04. The van der Waals surface area contributed by atoms with Crippen molar-refractivity contribution in [3.8, 4) is 39.5 Å². The van der Waals surface area contributed by atoms with Crippen LogP contribution >= 0.6 is 0 Å². The molecular weight excluding hydrogens is 372 g/mol. The molecule has 0 fully saturated rings. The van der Waals surface area contributed by atoms with Crippen LogP contribution in [0.15, 0.2) is 114 Å². The zero-order chi connectivity index (χ0) is 20.8. The van der Waals surface area contributed by atoms with Crippen LogP contribution in [0, 0.1) is 0 Å². The Morgan fingerprint density at radius 2 is 1.23 bits per heavy atom. The Balaban J connectivity index is 1.74. The van der Waals surface area contributed by atoms with Gasteiger partial charge in [-0.2, -0.15) is 0 Å². The molecule has 0 bridgehead atoms. The maximum atomic E-state index is 11.6. The predicted molar refractivity (Wildman–Crippen MR) is 120 cm³/mol. The maximum Gasteiger partial charge on any atom is 0.361 e. The minimum absolute atomic E-state index is 0.388. The van der Waals surface area contributed by atoms with Crippen molar-refractivity contribution in [3.05, 3.63) is 109 Å². The number of esters is 1. The zero-order valence-corrected chi connectivity index (χ0v) is 16.6. The van der Waals surface area contributed by atoms with Gasteiger partial charge in [0.2, 0.25) is 0 Å². The van der Waals surface area contributed by atoms with E-state index in [1.165, 1.54) is 6.08 Å². The fourth-order valence-corrected chi connectivity index (χ4v) is 3.16. The van der Waals surface area contributed by atoms with Gasteiger partial charge in [0.25, 0.3) is 0 Å². The first-order chi connectivity index (χ1) is 14.7. The molecule has 0 atom stereocenters. The van der Waals surface area contributed by atoms with E-state index in [4.69, 9.17) is 9.15 Å². The third-order valence-electron chi connectivity index (χ3n) is 4.62. The monoisotopic (exact) mass is 393 g/mol. The Morgan fingerprint density at radius 1 is 0.700 bits per heavy atom. The lowest BCUT2D eigenvalue weighted by Gasteiger charge is -2.05. The normalized spacial score (nSPS) is 10.8. The molecule has 3 heteroatoms. The van der Waals surface area contributed by atoms with Crippen LogP contribution in [0.25, 0.3) is 33.8 Å². The summed E-state index contributed by atoms with van der Waals surface area (Å²) in [6.07, 6.45) is 3.05. The fraction of sp³-hybridized carbons (Fsp3) is 0.0370. The van der Waals surface area contributed by atoms with Crippen LogP contribution < -0.4 is 4.74 Å². The lowest BCUT2D eigenvalue weighted by atomic mass is 10.0. The zero-order valence-electron chi connectivity index (χ0n) is 16.6. The Hall–Kier alpha value is -3.98. The number of rotatable bonds is 5. The molecule has 3 aromatic carbocycles. The Bertz CT molecular complexity index is 1100. The quantitative estimate of drug-likeness (QED) is 0.158. The first-order valence-electron chi connectivity index (χ1n) is 9.77. The van der Waals surface area contributed by atoms with E-state index in [0.29, 0.717) is 5.75 Å². The van der Waals surface area contributed by atoms with Crippen LogP contribution in [0.3, 0.4) is 0 Å². The highest BCUT2D eigenvalue weighted by Gasteiger charge is 2.20. The molecule has 4 rings (SSSR count). The molecule has 0 spiro atoms. The van der Waals surface area contributed by atoms with Gasteiger partial charge < -0.3 is 4.74 Å². The van der Waals surface area contributed by atoms with Crippen molar-refractivity contribution in [2.75, 3.05) is 0 Å². The van der Waals surface area contributed by atoms with Gasteiger partial charge in [-0.3, -0.25) is 0 Å². The van der Waals surface area contributed by atoms with Gasteiger partial charge in [0.05, 0.1) is 23.3 Å². The molecule has 30 heavy (non-hydrogen) atoms. The topological polar surface area (TPSA) is 37.6 Å². The van der Waals surface area contributed by atoms with Gasteiger partial charge in [0.1, 0.15) is 5.75 Å². The SMILES string of the molecule is CC=CC(=O)Oc1ccc(-c2cc(-c3ccccc3)[o+]c(-c3ccccc3)c2)cc1. The summed E-state index contributed by atoms with van der Waals surface area (Å²) < 4.78 is 11.5. The van der Waals surface area contributed by atoms with Crippen molar-refractivity contribution in [2.24, 2.45) is 0 Å². The smallest absolute Gasteiger partial charge is 0.361 e. The van der Waals surface area contributed by atoms with Crippen LogP contribution in [0.1, 0.15) is 6.92 Å². The first kappa shape index (κ1) is 19.3. The van der Waals surface area contributed by atoms with E-state index in [9.17, 15) is 4.79 Å². The maximum absolute atomic E-state index is 11.6. The number of benzene rings is 3. The van der Waals surface area contributed by atoms with Crippen LogP contribution in [-0.2, 0) is 4.79 Å². The number of carbonyl (C=O) groups is 1. The van der Waals surface area contributed by atoms with Crippen molar-refractivity contribution in [2.45, 2.75) is 6.92 Å². The van der Waals surface area contributed by atoms with E-state index in [-0.39, 0.29) is 5.97 Å². The molecule has 3 nitrogen and oxygen atoms in total. The summed E-state index contributed by atoms with van der Waals surface area (Å²) in [5.74, 6) is 1.70. The summed E-state index contributed by atoms with van der Waals surface area (Å²) in [4.78, 5) is 11.6. The van der Waals surface area contributed by atoms with Crippen LogP contribution in [0.4, 0.5) is 0 Å². The van der Waals surface area contributed by atoms with Gasteiger partial charge in [-0.15, -0.1) is 0 Å². The summed E-state index contributed by atoms with van der Waals surface area (Å²) in [5.41, 5.74) is 4.04. The minimum atomic E-state index is -0.388. The second-order valence-corrected chi connectivity index (χ2v) is 6.75. The van der Waals surface area contributed by atoms with E-state index in [2.05, 4.69) is 0 Å². The average Bonchev–Trinajstić information content (AvgIpc) is 2.80. The molecule has 4 aromatic rings. The molecule has 0 aliphatic rings. The summed E-state index contributed by atoms with van der Waals surface area (Å²) in [5, 5.41) is 0. The molecule has 0 amide bonds. The molecule has 0 aliphatic heterocycles. The lowest BCUT2D eigenvalue weighted by molar-refractivity contribution is -0.129. The van der Waals surface area contributed by atoms with Gasteiger partial charge in [-0.25, -0.2) is 9.21 Å². The molecule has 0 saturated heterocycles. The standard InChI is InChI=1S/C27H21O3/c1-2-9-27(28)29-24-16-14-20(15-17-24)23-18-25(21-10-5-3-6-11-21)30-26(19-23)22-12-7-4-8-13-22/h2-19H,1H3/q+1. The van der Waals surface area contributed by atoms with E-state index in [1.54, 1.807) is 25.1 Å². The molecule has 0 unspecified atom stereocenters. The largest absolute Gasteiger partial charge is 0.423 e. The highest BCUT2D eigenvalue weighted by molar-refractivity contribution is 5.84. The van der Waals surface area contributed by atoms with Crippen LogP contribution in [0.2, 0.25) is 0 Å². The average molecular weight is 393 g/mol. The fourth-order valence-electron chi connectivity index (χ4n) is 3.16. The van der Waals surface area contributed by atoms with Gasteiger partial charge in [0, 0.05) is 11.6 Å². The molecule has 146 valence electrons. The molecule has 0 saturated carbocycles. The van der Waals surface area contributed by atoms with Gasteiger partial charge in [-0.1, -0.05) is 54.6 Å². The number of carbonyl (C=O) groups excluding carboxylic acids is 1. The summed E-state index contributed by atoms with van der Waals surface area (Å²) in [6.45, 7) is 1.78. The van der Waals surface area contributed by atoms with Crippen molar-refractivity contribution < 1.29 is 13.9 Å². The third kappa shape index (κ3) is 4.53. The minimum Gasteiger partial charge on any atom is -0.423 e. The second kappa shape index (κ2) is 9.01. The van der Waals surface area contributed by atoms with Crippen molar-refractivity contribution in [3.63, 3.8) is 0 Å². The summed E-state index contributed by atoms with van der Waals surface area (Å²) >= 11 is 0. The summed E-state index contributed by atoms with van der Waals surface area (Å²) in [7, 11) is 0. The molecular formula is C27H21O3+. The Kier molecular flexibility index (Phi) is 5.81. The Morgan fingerprint density at radius 3 is 1.73 bits per heavy atom. The number of hydrogen-bond acceptors (Lipinski definition) is 2. The Labute approximate surface area is 175 Å². The summed E-state index contributed by atoms with van der Waals surface area (Å²) in [6, 6.07) is 31.6. The molecule has 0 N–H and O–H groups in total. The highest BCUT2D eigenvalue weighted by atomic mass is 16.5. The molecule has 0 radical (unpaired) electrons. The highest BCUT2D eigenvalue weighted by Crippen LogP contribution is 2.33. The molecule has 1 aromatic heterocycles. The van der Waals surface area contributed by atoms with Crippen LogP contribution in [-0.4, -0.2) is 5.97 Å². The van der Waals surface area contributed by atoms with Crippen molar-refractivity contribution >= 4 is 5.97 Å². The van der Waals surface area contributed by atoms with Crippen molar-refractivity contribution in [1.82, 2.24) is 0 Å². The van der Waals surface area contributed by atoms with E-state index >= 15 is 0 Å². The van der Waals surface area contributed by atoms with Crippen LogP contribution in [0.5, 0.6) is 5.75 Å². The third-order valence-corrected chi connectivity index (χ3v) is 4.62. The lowest BCUT2D eigenvalue weighted by Crippen LogP contribution is -2.03. The van der Waals surface area contributed by atoms with E-state index in [1.807, 2.05) is 84.9 Å². The van der Waals surface area contributed by atoms with Gasteiger partial charge in [-0.05, 0) is 48.9 Å². The number of ether oxygens (including phenoxy) is 1. The number of allylic oxidation sites excluding steroid dienone is 1. The molecule has 1 heterocycles. The number of hydrogen-bond donors (Lipinski definition) is 0. The second-order valence-electron chi connectivity index (χ2n) is 6.75. The van der Waals surface area contributed by atoms with Gasteiger partial charge >= 0.3 is 17.5 Å². The van der Waals surface area contributed by atoms with E-state index < -0.39 is 0 Å².